The second kappa shape index (κ2) is 8.18. The lowest BCUT2D eigenvalue weighted by Crippen LogP contribution is -2.25. The average Bonchev–Trinajstić information content (AvgIpc) is 2.42. The van der Waals surface area contributed by atoms with Crippen LogP contribution in [0.3, 0.4) is 0 Å². The lowest BCUT2D eigenvalue weighted by atomic mass is 10.0. The molecule has 3 nitrogen and oxygen atoms in total. The molecule has 19 heavy (non-hydrogen) atoms. The molecule has 0 saturated carbocycles. The number of hydrogen-bond donors (Lipinski definition) is 2. The Labute approximate surface area is 116 Å². The maximum absolute atomic E-state index is 9.82. The Morgan fingerprint density at radius 3 is 2.53 bits per heavy atom. The maximum atomic E-state index is 9.82. The summed E-state index contributed by atoms with van der Waals surface area (Å²) in [5, 5.41) is 19.4. The fraction of sp³-hybridized carbons (Fsp3) is 0.625. The maximum Gasteiger partial charge on any atom is 0.122 e. The first-order valence-corrected chi connectivity index (χ1v) is 7.16. The fourth-order valence-electron chi connectivity index (χ4n) is 2.02. The van der Waals surface area contributed by atoms with Gasteiger partial charge in [-0.3, -0.25) is 0 Å². The molecule has 0 fully saturated rings. The summed E-state index contributed by atoms with van der Waals surface area (Å²) in [5.74, 6) is 0.894. The summed E-state index contributed by atoms with van der Waals surface area (Å²) in [7, 11) is 0. The summed E-state index contributed by atoms with van der Waals surface area (Å²) in [6.45, 7) is 6.70. The first-order chi connectivity index (χ1) is 9.08. The van der Waals surface area contributed by atoms with Crippen molar-refractivity contribution in [1.82, 2.24) is 0 Å². The summed E-state index contributed by atoms with van der Waals surface area (Å²) >= 11 is 0. The van der Waals surface area contributed by atoms with Crippen molar-refractivity contribution in [2.24, 2.45) is 0 Å². The molecule has 1 rings (SSSR count). The van der Waals surface area contributed by atoms with Gasteiger partial charge in [0.2, 0.25) is 0 Å². The Balaban J connectivity index is 2.67. The van der Waals surface area contributed by atoms with Gasteiger partial charge in [-0.2, -0.15) is 0 Å². The second-order valence-corrected chi connectivity index (χ2v) is 5.04. The van der Waals surface area contributed by atoms with E-state index in [1.165, 1.54) is 5.56 Å². The normalized spacial score (nSPS) is 14.2. The summed E-state index contributed by atoms with van der Waals surface area (Å²) in [4.78, 5) is 0. The van der Waals surface area contributed by atoms with E-state index in [0.29, 0.717) is 19.4 Å². The zero-order valence-corrected chi connectivity index (χ0v) is 12.2. The van der Waals surface area contributed by atoms with E-state index >= 15 is 0 Å². The SMILES string of the molecule is CCCOc1ccc(C)cc1CCC(O)C(O)CC. The van der Waals surface area contributed by atoms with Crippen LogP contribution in [0.15, 0.2) is 18.2 Å². The Bertz CT molecular complexity index is 376. The lowest BCUT2D eigenvalue weighted by molar-refractivity contribution is 0.0130. The molecular formula is C16H26O3. The van der Waals surface area contributed by atoms with E-state index in [-0.39, 0.29) is 0 Å². The molecule has 0 saturated heterocycles. The van der Waals surface area contributed by atoms with Gasteiger partial charge >= 0.3 is 0 Å². The molecule has 1 aromatic carbocycles. The van der Waals surface area contributed by atoms with E-state index in [1.54, 1.807) is 0 Å². The lowest BCUT2D eigenvalue weighted by Gasteiger charge is -2.17. The highest BCUT2D eigenvalue weighted by Gasteiger charge is 2.15. The summed E-state index contributed by atoms with van der Waals surface area (Å²) in [5.41, 5.74) is 2.29. The topological polar surface area (TPSA) is 49.7 Å². The number of benzene rings is 1. The molecule has 2 unspecified atom stereocenters. The number of aliphatic hydroxyl groups excluding tert-OH is 2. The molecular weight excluding hydrogens is 240 g/mol. The third-order valence-electron chi connectivity index (χ3n) is 3.25. The zero-order valence-electron chi connectivity index (χ0n) is 12.2. The van der Waals surface area contributed by atoms with Crippen molar-refractivity contribution in [2.45, 2.75) is 58.7 Å². The molecule has 108 valence electrons. The van der Waals surface area contributed by atoms with Crippen molar-refractivity contribution in [3.8, 4) is 5.75 Å². The van der Waals surface area contributed by atoms with Crippen molar-refractivity contribution in [3.63, 3.8) is 0 Å². The van der Waals surface area contributed by atoms with Crippen LogP contribution >= 0.6 is 0 Å². The summed E-state index contributed by atoms with van der Waals surface area (Å²) in [6.07, 6.45) is 1.54. The van der Waals surface area contributed by atoms with E-state index in [1.807, 2.05) is 26.0 Å². The third kappa shape index (κ3) is 5.21. The average molecular weight is 266 g/mol. The molecule has 3 heteroatoms. The van der Waals surface area contributed by atoms with E-state index in [0.717, 1.165) is 24.2 Å². The highest BCUT2D eigenvalue weighted by Crippen LogP contribution is 2.23. The number of hydrogen-bond acceptors (Lipinski definition) is 3. The monoisotopic (exact) mass is 266 g/mol. The van der Waals surface area contributed by atoms with Crippen molar-refractivity contribution in [2.75, 3.05) is 6.61 Å². The van der Waals surface area contributed by atoms with E-state index in [9.17, 15) is 10.2 Å². The van der Waals surface area contributed by atoms with Crippen molar-refractivity contribution < 1.29 is 14.9 Å². The van der Waals surface area contributed by atoms with Crippen LogP contribution in [0.5, 0.6) is 5.75 Å². The van der Waals surface area contributed by atoms with Crippen LogP contribution in [-0.4, -0.2) is 29.0 Å². The smallest absolute Gasteiger partial charge is 0.122 e. The molecule has 0 amide bonds. The number of aryl methyl sites for hydroxylation is 2. The summed E-state index contributed by atoms with van der Waals surface area (Å²) in [6, 6.07) is 6.12. The highest BCUT2D eigenvalue weighted by atomic mass is 16.5. The van der Waals surface area contributed by atoms with E-state index in [4.69, 9.17) is 4.74 Å². The predicted molar refractivity (Wildman–Crippen MR) is 77.6 cm³/mol. The Morgan fingerprint density at radius 2 is 1.89 bits per heavy atom. The first-order valence-electron chi connectivity index (χ1n) is 7.16. The predicted octanol–water partition coefficient (Wildman–Crippen LogP) is 2.85. The second-order valence-electron chi connectivity index (χ2n) is 5.04. The standard InChI is InChI=1S/C16H26O3/c1-4-10-19-16-9-6-12(3)11-13(16)7-8-15(18)14(17)5-2/h6,9,11,14-15,17-18H,4-5,7-8,10H2,1-3H3. The minimum atomic E-state index is -0.662. The Kier molecular flexibility index (Phi) is 6.89. The van der Waals surface area contributed by atoms with Crippen LogP contribution in [0.2, 0.25) is 0 Å². The number of ether oxygens (including phenoxy) is 1. The third-order valence-corrected chi connectivity index (χ3v) is 3.25. The van der Waals surface area contributed by atoms with Gasteiger partial charge in [0.15, 0.2) is 0 Å². The van der Waals surface area contributed by atoms with Gasteiger partial charge in [-0.25, -0.2) is 0 Å². The van der Waals surface area contributed by atoms with Crippen molar-refractivity contribution >= 4 is 0 Å². The van der Waals surface area contributed by atoms with Gasteiger partial charge in [0.05, 0.1) is 18.8 Å². The van der Waals surface area contributed by atoms with Crippen LogP contribution < -0.4 is 4.74 Å². The molecule has 0 heterocycles. The molecule has 0 aliphatic rings. The van der Waals surface area contributed by atoms with Crippen molar-refractivity contribution in [3.05, 3.63) is 29.3 Å². The van der Waals surface area contributed by atoms with Crippen LogP contribution in [0.4, 0.5) is 0 Å². The fourth-order valence-corrected chi connectivity index (χ4v) is 2.02. The Morgan fingerprint density at radius 1 is 1.16 bits per heavy atom. The van der Waals surface area contributed by atoms with Crippen LogP contribution in [0, 0.1) is 6.92 Å². The van der Waals surface area contributed by atoms with E-state index < -0.39 is 12.2 Å². The minimum Gasteiger partial charge on any atom is -0.493 e. The molecule has 0 aliphatic carbocycles. The van der Waals surface area contributed by atoms with Crippen LogP contribution in [0.1, 0.15) is 44.2 Å². The molecule has 0 spiro atoms. The van der Waals surface area contributed by atoms with Gasteiger partial charge in [-0.05, 0) is 44.2 Å². The molecule has 2 atom stereocenters. The van der Waals surface area contributed by atoms with Gasteiger partial charge in [0, 0.05) is 0 Å². The highest BCUT2D eigenvalue weighted by molar-refractivity contribution is 5.37. The molecule has 0 aromatic heterocycles. The first kappa shape index (κ1) is 16.0. The van der Waals surface area contributed by atoms with Gasteiger partial charge in [0.1, 0.15) is 5.75 Å². The van der Waals surface area contributed by atoms with Gasteiger partial charge in [0.25, 0.3) is 0 Å². The zero-order chi connectivity index (χ0) is 14.3. The minimum absolute atomic E-state index is 0.556. The largest absolute Gasteiger partial charge is 0.493 e. The molecule has 0 aliphatic heterocycles. The number of rotatable bonds is 8. The quantitative estimate of drug-likeness (QED) is 0.760. The molecule has 1 aromatic rings. The molecule has 0 radical (unpaired) electrons. The van der Waals surface area contributed by atoms with Crippen LogP contribution in [0.25, 0.3) is 0 Å². The molecule has 0 bridgehead atoms. The van der Waals surface area contributed by atoms with E-state index in [2.05, 4.69) is 13.0 Å². The van der Waals surface area contributed by atoms with Gasteiger partial charge in [-0.15, -0.1) is 0 Å². The molecule has 2 N–H and O–H groups in total. The van der Waals surface area contributed by atoms with Crippen LogP contribution in [-0.2, 0) is 6.42 Å². The summed E-state index contributed by atoms with van der Waals surface area (Å²) < 4.78 is 5.72. The van der Waals surface area contributed by atoms with Gasteiger partial charge in [-0.1, -0.05) is 31.5 Å². The van der Waals surface area contributed by atoms with Gasteiger partial charge < -0.3 is 14.9 Å². The number of aliphatic hydroxyl groups is 2. The van der Waals surface area contributed by atoms with Crippen molar-refractivity contribution in [1.29, 1.82) is 0 Å². The Hall–Kier alpha value is -1.06.